The van der Waals surface area contributed by atoms with Crippen LogP contribution in [0.4, 0.5) is 11.4 Å². The number of carbonyl (C=O) groups excluding carboxylic acids is 1. The lowest BCUT2D eigenvalue weighted by atomic mass is 10.2. The minimum absolute atomic E-state index is 0.0121. The monoisotopic (exact) mass is 357 g/mol. The highest BCUT2D eigenvalue weighted by molar-refractivity contribution is 7.99. The van der Waals surface area contributed by atoms with E-state index in [1.54, 1.807) is 0 Å². The third kappa shape index (κ3) is 3.81. The number of anilines is 2. The van der Waals surface area contributed by atoms with Gasteiger partial charge in [0, 0.05) is 30.5 Å². The summed E-state index contributed by atoms with van der Waals surface area (Å²) in [6.07, 6.45) is 4.89. The zero-order valence-electron chi connectivity index (χ0n) is 14.4. The number of nitrogens with one attached hydrogen (secondary N) is 1. The van der Waals surface area contributed by atoms with Crippen LogP contribution in [0.5, 0.6) is 0 Å². The van der Waals surface area contributed by atoms with Crippen molar-refractivity contribution < 1.29 is 4.79 Å². The first-order valence-electron chi connectivity index (χ1n) is 8.90. The fourth-order valence-electron chi connectivity index (χ4n) is 3.26. The molecule has 1 aromatic carbocycles. The Hall–Kier alpha value is -2.02. The first kappa shape index (κ1) is 16.4. The Morgan fingerprint density at radius 2 is 1.92 bits per heavy atom. The average molecular weight is 357 g/mol. The SMILES string of the molecule is Cc1nnc(SCC(=O)Nc2ccc(N3CCCC3)cc2)n1C1CC1. The summed E-state index contributed by atoms with van der Waals surface area (Å²) in [5.41, 5.74) is 2.08. The Balaban J connectivity index is 1.31. The van der Waals surface area contributed by atoms with Crippen molar-refractivity contribution in [3.05, 3.63) is 30.1 Å². The van der Waals surface area contributed by atoms with Crippen LogP contribution in [-0.4, -0.2) is 39.5 Å². The number of hydrogen-bond donors (Lipinski definition) is 1. The van der Waals surface area contributed by atoms with Crippen LogP contribution in [0.25, 0.3) is 0 Å². The fraction of sp³-hybridized carbons (Fsp3) is 0.500. The smallest absolute Gasteiger partial charge is 0.234 e. The number of aromatic nitrogens is 3. The normalized spacial score (nSPS) is 17.1. The van der Waals surface area contributed by atoms with E-state index in [0.717, 1.165) is 29.8 Å². The van der Waals surface area contributed by atoms with E-state index in [4.69, 9.17) is 0 Å². The van der Waals surface area contributed by atoms with Crippen molar-refractivity contribution in [3.63, 3.8) is 0 Å². The van der Waals surface area contributed by atoms with E-state index in [2.05, 4.69) is 37.1 Å². The van der Waals surface area contributed by atoms with Crippen molar-refractivity contribution >= 4 is 29.0 Å². The number of amides is 1. The standard InChI is InChI=1S/C18H23N5OS/c1-13-20-21-18(23(13)16-8-9-16)25-12-17(24)19-14-4-6-15(7-5-14)22-10-2-3-11-22/h4-7,16H,2-3,8-12H2,1H3,(H,19,24). The molecule has 4 rings (SSSR count). The van der Waals surface area contributed by atoms with E-state index in [9.17, 15) is 4.79 Å². The number of nitrogens with zero attached hydrogens (tertiary/aromatic N) is 4. The maximum absolute atomic E-state index is 12.2. The molecule has 1 N–H and O–H groups in total. The van der Waals surface area contributed by atoms with Crippen LogP contribution in [0.1, 0.15) is 37.5 Å². The first-order chi connectivity index (χ1) is 12.2. The van der Waals surface area contributed by atoms with Gasteiger partial charge >= 0.3 is 0 Å². The van der Waals surface area contributed by atoms with Crippen molar-refractivity contribution in [3.8, 4) is 0 Å². The van der Waals surface area contributed by atoms with Gasteiger partial charge in [0.15, 0.2) is 5.16 Å². The third-order valence-electron chi connectivity index (χ3n) is 4.70. The first-order valence-corrected chi connectivity index (χ1v) is 9.88. The van der Waals surface area contributed by atoms with Crippen LogP contribution in [0.2, 0.25) is 0 Å². The van der Waals surface area contributed by atoms with Crippen LogP contribution in [0, 0.1) is 6.92 Å². The fourth-order valence-corrected chi connectivity index (χ4v) is 4.11. The number of hydrogen-bond acceptors (Lipinski definition) is 5. The molecular weight excluding hydrogens is 334 g/mol. The molecule has 7 heteroatoms. The minimum Gasteiger partial charge on any atom is -0.372 e. The summed E-state index contributed by atoms with van der Waals surface area (Å²) in [5.74, 6) is 1.27. The summed E-state index contributed by atoms with van der Waals surface area (Å²) >= 11 is 1.46. The third-order valence-corrected chi connectivity index (χ3v) is 5.64. The molecule has 2 fully saturated rings. The van der Waals surface area contributed by atoms with Gasteiger partial charge in [0.05, 0.1) is 5.75 Å². The summed E-state index contributed by atoms with van der Waals surface area (Å²) in [4.78, 5) is 14.6. The number of thioether (sulfide) groups is 1. The van der Waals surface area contributed by atoms with Gasteiger partial charge < -0.3 is 14.8 Å². The lowest BCUT2D eigenvalue weighted by molar-refractivity contribution is -0.113. The minimum atomic E-state index is -0.0121. The molecule has 0 radical (unpaired) electrons. The molecule has 6 nitrogen and oxygen atoms in total. The Morgan fingerprint density at radius 1 is 1.20 bits per heavy atom. The summed E-state index contributed by atoms with van der Waals surface area (Å²) in [7, 11) is 0. The van der Waals surface area contributed by atoms with Gasteiger partial charge in [-0.25, -0.2) is 0 Å². The molecule has 2 heterocycles. The van der Waals surface area contributed by atoms with Crippen molar-refractivity contribution in [1.82, 2.24) is 14.8 Å². The van der Waals surface area contributed by atoms with E-state index in [0.29, 0.717) is 11.8 Å². The molecule has 25 heavy (non-hydrogen) atoms. The van der Waals surface area contributed by atoms with E-state index < -0.39 is 0 Å². The molecule has 0 spiro atoms. The van der Waals surface area contributed by atoms with E-state index in [1.807, 2.05) is 19.1 Å². The molecule has 2 aliphatic rings. The molecular formula is C18H23N5OS. The Bertz CT molecular complexity index is 747. The number of benzene rings is 1. The van der Waals surface area contributed by atoms with Gasteiger partial charge in [-0.3, -0.25) is 4.79 Å². The topological polar surface area (TPSA) is 63.1 Å². The lowest BCUT2D eigenvalue weighted by Gasteiger charge is -2.17. The molecule has 1 aromatic heterocycles. The largest absolute Gasteiger partial charge is 0.372 e. The molecule has 1 amide bonds. The summed E-state index contributed by atoms with van der Waals surface area (Å²) in [6, 6.07) is 8.65. The summed E-state index contributed by atoms with van der Waals surface area (Å²) < 4.78 is 2.16. The van der Waals surface area contributed by atoms with Crippen molar-refractivity contribution in [1.29, 1.82) is 0 Å². The molecule has 2 aromatic rings. The van der Waals surface area contributed by atoms with Crippen molar-refractivity contribution in [2.45, 2.75) is 43.8 Å². The number of aryl methyl sites for hydroxylation is 1. The maximum Gasteiger partial charge on any atom is 0.234 e. The Morgan fingerprint density at radius 3 is 2.60 bits per heavy atom. The highest BCUT2D eigenvalue weighted by Gasteiger charge is 2.28. The zero-order chi connectivity index (χ0) is 17.2. The second kappa shape index (κ2) is 7.07. The van der Waals surface area contributed by atoms with Gasteiger partial charge in [-0.15, -0.1) is 10.2 Å². The van der Waals surface area contributed by atoms with Gasteiger partial charge in [-0.1, -0.05) is 11.8 Å². The van der Waals surface area contributed by atoms with Crippen molar-refractivity contribution in [2.24, 2.45) is 0 Å². The summed E-state index contributed by atoms with van der Waals surface area (Å²) in [6.45, 7) is 4.23. The maximum atomic E-state index is 12.2. The van der Waals surface area contributed by atoms with Gasteiger partial charge in [0.25, 0.3) is 0 Å². The van der Waals surface area contributed by atoms with Crippen LogP contribution in [-0.2, 0) is 4.79 Å². The predicted molar refractivity (Wildman–Crippen MR) is 100 cm³/mol. The Kier molecular flexibility index (Phi) is 4.65. The number of carbonyl (C=O) groups is 1. The highest BCUT2D eigenvalue weighted by atomic mass is 32.2. The van der Waals surface area contributed by atoms with Crippen LogP contribution in [0.3, 0.4) is 0 Å². The zero-order valence-corrected chi connectivity index (χ0v) is 15.3. The predicted octanol–water partition coefficient (Wildman–Crippen LogP) is 3.25. The quantitative estimate of drug-likeness (QED) is 0.804. The second-order valence-corrected chi connectivity index (χ2v) is 7.65. The average Bonchev–Trinajstić information content (AvgIpc) is 3.16. The molecule has 1 aliphatic carbocycles. The Labute approximate surface area is 152 Å². The molecule has 1 saturated heterocycles. The van der Waals surface area contributed by atoms with E-state index in [-0.39, 0.29) is 5.91 Å². The van der Waals surface area contributed by atoms with E-state index in [1.165, 1.54) is 43.1 Å². The molecule has 1 saturated carbocycles. The van der Waals surface area contributed by atoms with Gasteiger partial charge in [0.2, 0.25) is 5.91 Å². The van der Waals surface area contributed by atoms with Crippen LogP contribution >= 0.6 is 11.8 Å². The lowest BCUT2D eigenvalue weighted by Crippen LogP contribution is -2.18. The molecule has 0 bridgehead atoms. The van der Waals surface area contributed by atoms with Crippen LogP contribution < -0.4 is 10.2 Å². The second-order valence-electron chi connectivity index (χ2n) is 6.71. The van der Waals surface area contributed by atoms with Gasteiger partial charge in [-0.05, 0) is 56.9 Å². The van der Waals surface area contributed by atoms with Crippen molar-refractivity contribution in [2.75, 3.05) is 29.1 Å². The highest BCUT2D eigenvalue weighted by Crippen LogP contribution is 2.38. The van der Waals surface area contributed by atoms with Gasteiger partial charge in [0.1, 0.15) is 5.82 Å². The van der Waals surface area contributed by atoms with E-state index >= 15 is 0 Å². The number of rotatable bonds is 6. The molecule has 132 valence electrons. The molecule has 0 atom stereocenters. The summed E-state index contributed by atoms with van der Waals surface area (Å²) in [5, 5.41) is 12.2. The van der Waals surface area contributed by atoms with Crippen LogP contribution in [0.15, 0.2) is 29.4 Å². The molecule has 0 unspecified atom stereocenters. The van der Waals surface area contributed by atoms with Gasteiger partial charge in [-0.2, -0.15) is 0 Å². The molecule has 1 aliphatic heterocycles.